The van der Waals surface area contributed by atoms with E-state index in [1.165, 1.54) is 5.57 Å². The van der Waals surface area contributed by atoms with E-state index in [0.29, 0.717) is 29.1 Å². The summed E-state index contributed by atoms with van der Waals surface area (Å²) in [5.41, 5.74) is 1.72. The molecule has 4 unspecified atom stereocenters. The van der Waals surface area contributed by atoms with Crippen molar-refractivity contribution in [3.05, 3.63) is 12.2 Å². The van der Waals surface area contributed by atoms with E-state index >= 15 is 0 Å². The van der Waals surface area contributed by atoms with Crippen LogP contribution in [0.2, 0.25) is 0 Å². The highest BCUT2D eigenvalue weighted by Gasteiger charge is 2.38. The molecule has 0 fully saturated rings. The van der Waals surface area contributed by atoms with Crippen molar-refractivity contribution in [2.24, 2.45) is 40.9 Å². The van der Waals surface area contributed by atoms with E-state index in [1.54, 1.807) is 0 Å². The summed E-state index contributed by atoms with van der Waals surface area (Å²) < 4.78 is 0. The maximum absolute atomic E-state index is 4.31. The zero-order valence-corrected chi connectivity index (χ0v) is 15.2. The van der Waals surface area contributed by atoms with Crippen LogP contribution in [0.15, 0.2) is 12.2 Å². The molecule has 0 bridgehead atoms. The predicted octanol–water partition coefficient (Wildman–Crippen LogP) is 6.43. The molecule has 0 aromatic rings. The van der Waals surface area contributed by atoms with E-state index < -0.39 is 0 Å². The van der Waals surface area contributed by atoms with Gasteiger partial charge < -0.3 is 0 Å². The van der Waals surface area contributed by atoms with Crippen molar-refractivity contribution in [1.29, 1.82) is 0 Å². The maximum atomic E-state index is 4.31. The highest BCUT2D eigenvalue weighted by atomic mass is 14.4. The van der Waals surface area contributed by atoms with Crippen molar-refractivity contribution in [1.82, 2.24) is 0 Å². The molecule has 0 aromatic carbocycles. The highest BCUT2D eigenvalue weighted by Crippen LogP contribution is 2.46. The number of rotatable bonds is 7. The second-order valence-corrected chi connectivity index (χ2v) is 8.10. The molecule has 0 aliphatic rings. The lowest BCUT2D eigenvalue weighted by molar-refractivity contribution is 0.0674. The van der Waals surface area contributed by atoms with Crippen LogP contribution < -0.4 is 0 Å². The van der Waals surface area contributed by atoms with Crippen LogP contribution >= 0.6 is 0 Å². The number of hydrogen-bond donors (Lipinski definition) is 0. The summed E-state index contributed by atoms with van der Waals surface area (Å²) in [6.45, 7) is 28.0. The molecular formula is C19H38. The Morgan fingerprint density at radius 1 is 0.842 bits per heavy atom. The standard InChI is InChI=1S/C19H38/c1-12(2)15(7)16(8)18(13(3)4)17(9)19(10,11)14(5)6/h12,14-18H,3H2,1-2,4-11H3. The molecule has 19 heavy (non-hydrogen) atoms. The second kappa shape index (κ2) is 6.95. The molecule has 0 aromatic heterocycles. The van der Waals surface area contributed by atoms with Crippen molar-refractivity contribution in [3.63, 3.8) is 0 Å². The highest BCUT2D eigenvalue weighted by molar-refractivity contribution is 5.04. The molecule has 0 heteroatoms. The fourth-order valence-electron chi connectivity index (χ4n) is 3.25. The first-order valence-electron chi connectivity index (χ1n) is 8.09. The lowest BCUT2D eigenvalue weighted by Gasteiger charge is -2.45. The zero-order valence-electron chi connectivity index (χ0n) is 15.2. The van der Waals surface area contributed by atoms with Crippen LogP contribution in [0.4, 0.5) is 0 Å². The summed E-state index contributed by atoms with van der Waals surface area (Å²) in [4.78, 5) is 0. The average molecular weight is 267 g/mol. The Balaban J connectivity index is 5.29. The SMILES string of the molecule is C=C(C)C(C(C)C(C)C(C)C)C(C)C(C)(C)C(C)C. The molecule has 0 nitrogen and oxygen atoms in total. The molecule has 0 radical (unpaired) electrons. The number of hydrogen-bond acceptors (Lipinski definition) is 0. The Morgan fingerprint density at radius 2 is 1.26 bits per heavy atom. The molecule has 4 atom stereocenters. The Kier molecular flexibility index (Phi) is 6.86. The van der Waals surface area contributed by atoms with Crippen molar-refractivity contribution in [2.75, 3.05) is 0 Å². The summed E-state index contributed by atoms with van der Waals surface area (Å²) in [7, 11) is 0. The Labute approximate surface area is 123 Å². The quantitative estimate of drug-likeness (QED) is 0.466. The summed E-state index contributed by atoms with van der Waals surface area (Å²) in [6, 6.07) is 0. The van der Waals surface area contributed by atoms with E-state index in [0.717, 1.165) is 11.8 Å². The van der Waals surface area contributed by atoms with Gasteiger partial charge in [0.15, 0.2) is 0 Å². The van der Waals surface area contributed by atoms with Crippen molar-refractivity contribution in [3.8, 4) is 0 Å². The normalized spacial score (nSPS) is 19.4. The Morgan fingerprint density at radius 3 is 1.53 bits per heavy atom. The van der Waals surface area contributed by atoms with E-state index in [1.807, 2.05) is 0 Å². The molecule has 0 heterocycles. The minimum absolute atomic E-state index is 0.356. The summed E-state index contributed by atoms with van der Waals surface area (Å²) in [5.74, 6) is 4.17. The van der Waals surface area contributed by atoms with Gasteiger partial charge in [0, 0.05) is 0 Å². The monoisotopic (exact) mass is 266 g/mol. The van der Waals surface area contributed by atoms with Crippen LogP contribution in [0.25, 0.3) is 0 Å². The number of allylic oxidation sites excluding steroid dienone is 1. The molecule has 0 saturated heterocycles. The smallest absolute Gasteiger partial charge is 0.0149 e. The maximum Gasteiger partial charge on any atom is -0.0149 e. The van der Waals surface area contributed by atoms with Crippen LogP contribution in [-0.4, -0.2) is 0 Å². The van der Waals surface area contributed by atoms with Gasteiger partial charge in [-0.3, -0.25) is 0 Å². The van der Waals surface area contributed by atoms with Gasteiger partial charge in [-0.05, 0) is 47.8 Å². The van der Waals surface area contributed by atoms with Gasteiger partial charge in [0.2, 0.25) is 0 Å². The third-order valence-corrected chi connectivity index (χ3v) is 6.22. The topological polar surface area (TPSA) is 0 Å². The predicted molar refractivity (Wildman–Crippen MR) is 89.3 cm³/mol. The van der Waals surface area contributed by atoms with E-state index in [4.69, 9.17) is 0 Å². The van der Waals surface area contributed by atoms with Crippen LogP contribution in [-0.2, 0) is 0 Å². The molecule has 0 aliphatic carbocycles. The lowest BCUT2D eigenvalue weighted by Crippen LogP contribution is -2.38. The van der Waals surface area contributed by atoms with Gasteiger partial charge in [-0.15, -0.1) is 0 Å². The fourth-order valence-corrected chi connectivity index (χ4v) is 3.25. The molecule has 0 amide bonds. The van der Waals surface area contributed by atoms with Gasteiger partial charge in [-0.1, -0.05) is 74.5 Å². The van der Waals surface area contributed by atoms with Gasteiger partial charge in [0.05, 0.1) is 0 Å². The van der Waals surface area contributed by atoms with Crippen molar-refractivity contribution < 1.29 is 0 Å². The first-order valence-corrected chi connectivity index (χ1v) is 8.09. The summed E-state index contributed by atoms with van der Waals surface area (Å²) in [6.07, 6.45) is 0. The first kappa shape index (κ1) is 18.7. The summed E-state index contributed by atoms with van der Waals surface area (Å²) in [5, 5.41) is 0. The summed E-state index contributed by atoms with van der Waals surface area (Å²) >= 11 is 0. The van der Waals surface area contributed by atoms with Crippen molar-refractivity contribution in [2.45, 2.75) is 69.2 Å². The molecular weight excluding hydrogens is 228 g/mol. The Bertz CT molecular complexity index is 282. The fraction of sp³-hybridized carbons (Fsp3) is 0.895. The minimum Gasteiger partial charge on any atom is -0.0998 e. The third-order valence-electron chi connectivity index (χ3n) is 6.22. The van der Waals surface area contributed by atoms with Crippen LogP contribution in [0.1, 0.15) is 69.2 Å². The van der Waals surface area contributed by atoms with Crippen LogP contribution in [0.5, 0.6) is 0 Å². The van der Waals surface area contributed by atoms with Crippen molar-refractivity contribution >= 4 is 0 Å². The van der Waals surface area contributed by atoms with E-state index in [-0.39, 0.29) is 0 Å². The van der Waals surface area contributed by atoms with E-state index in [9.17, 15) is 0 Å². The second-order valence-electron chi connectivity index (χ2n) is 8.10. The lowest BCUT2D eigenvalue weighted by atomic mass is 9.60. The first-order chi connectivity index (χ1) is 8.44. The zero-order chi connectivity index (χ0) is 15.5. The average Bonchev–Trinajstić information content (AvgIpc) is 2.26. The molecule has 0 aliphatic heterocycles. The van der Waals surface area contributed by atoms with Gasteiger partial charge >= 0.3 is 0 Å². The molecule has 0 N–H and O–H groups in total. The van der Waals surface area contributed by atoms with E-state index in [2.05, 4.69) is 75.8 Å². The largest absolute Gasteiger partial charge is 0.0998 e. The van der Waals surface area contributed by atoms with Crippen LogP contribution in [0, 0.1) is 40.9 Å². The van der Waals surface area contributed by atoms with Gasteiger partial charge in [-0.25, -0.2) is 0 Å². The third kappa shape index (κ3) is 4.36. The van der Waals surface area contributed by atoms with Crippen LogP contribution in [0.3, 0.4) is 0 Å². The molecule has 114 valence electrons. The minimum atomic E-state index is 0.356. The molecule has 0 spiro atoms. The van der Waals surface area contributed by atoms with Gasteiger partial charge in [0.25, 0.3) is 0 Å². The van der Waals surface area contributed by atoms with Gasteiger partial charge in [-0.2, -0.15) is 0 Å². The van der Waals surface area contributed by atoms with Gasteiger partial charge in [0.1, 0.15) is 0 Å². The molecule has 0 saturated carbocycles. The molecule has 0 rings (SSSR count). The Hall–Kier alpha value is -0.260.